The molecule has 0 bridgehead atoms. The number of hydrogen-bond acceptors (Lipinski definition) is 3. The molecule has 3 heteroatoms. The van der Waals surface area contributed by atoms with E-state index in [-0.39, 0.29) is 0 Å². The third-order valence-electron chi connectivity index (χ3n) is 3.39. The molecule has 2 N–H and O–H groups in total. The molecule has 0 saturated heterocycles. The van der Waals surface area contributed by atoms with Gasteiger partial charge in [-0.2, -0.15) is 0 Å². The average Bonchev–Trinajstić information content (AvgIpc) is 2.92. The molecule has 0 aliphatic heterocycles. The molecule has 0 amide bonds. The van der Waals surface area contributed by atoms with Crippen LogP contribution in [0.25, 0.3) is 0 Å². The van der Waals surface area contributed by atoms with Gasteiger partial charge in [-0.15, -0.1) is 0 Å². The lowest BCUT2D eigenvalue weighted by Crippen LogP contribution is -2.11. The van der Waals surface area contributed by atoms with Crippen molar-refractivity contribution in [1.29, 1.82) is 0 Å². The van der Waals surface area contributed by atoms with Crippen molar-refractivity contribution < 1.29 is 9.47 Å². The van der Waals surface area contributed by atoms with Gasteiger partial charge in [0.1, 0.15) is 5.75 Å². The average molecular weight is 249 g/mol. The maximum Gasteiger partial charge on any atom is 0.123 e. The second kappa shape index (κ2) is 7.39. The van der Waals surface area contributed by atoms with Crippen LogP contribution in [0, 0.1) is 0 Å². The predicted octanol–water partition coefficient (Wildman–Crippen LogP) is 2.87. The highest BCUT2D eigenvalue weighted by Crippen LogP contribution is 2.21. The first-order chi connectivity index (χ1) is 8.90. The molecule has 0 radical (unpaired) electrons. The van der Waals surface area contributed by atoms with Crippen molar-refractivity contribution in [3.63, 3.8) is 0 Å². The number of ether oxygens (including phenoxy) is 2. The highest BCUT2D eigenvalue weighted by molar-refractivity contribution is 5.32. The Balaban J connectivity index is 1.62. The molecule has 0 atom stereocenters. The summed E-state index contributed by atoms with van der Waals surface area (Å²) < 4.78 is 11.5. The van der Waals surface area contributed by atoms with E-state index in [2.05, 4.69) is 0 Å². The minimum absolute atomic E-state index is 0.501. The lowest BCUT2D eigenvalue weighted by molar-refractivity contribution is 0.0505. The Kier molecular flexibility index (Phi) is 5.49. The van der Waals surface area contributed by atoms with Gasteiger partial charge in [0.05, 0.1) is 19.3 Å². The molecule has 0 heterocycles. The number of benzene rings is 1. The Morgan fingerprint density at radius 1 is 1.11 bits per heavy atom. The Labute approximate surface area is 109 Å². The third kappa shape index (κ3) is 4.00. The normalized spacial score (nSPS) is 16.1. The SMILES string of the molecule is NCc1ccccc1OCCCOC1CCCC1. The molecule has 0 aromatic heterocycles. The van der Waals surface area contributed by atoms with E-state index in [0.717, 1.165) is 24.3 Å². The monoisotopic (exact) mass is 249 g/mol. The van der Waals surface area contributed by atoms with E-state index in [1.807, 2.05) is 24.3 Å². The number of nitrogens with two attached hydrogens (primary N) is 1. The summed E-state index contributed by atoms with van der Waals surface area (Å²) in [6, 6.07) is 7.94. The van der Waals surface area contributed by atoms with Gasteiger partial charge in [-0.1, -0.05) is 31.0 Å². The fourth-order valence-corrected chi connectivity index (χ4v) is 2.36. The van der Waals surface area contributed by atoms with E-state index in [0.29, 0.717) is 19.3 Å². The van der Waals surface area contributed by atoms with E-state index in [1.165, 1.54) is 25.7 Å². The predicted molar refractivity (Wildman–Crippen MR) is 72.7 cm³/mol. The maximum atomic E-state index is 5.79. The van der Waals surface area contributed by atoms with Crippen LogP contribution in [0.5, 0.6) is 5.75 Å². The molecule has 1 saturated carbocycles. The van der Waals surface area contributed by atoms with E-state index >= 15 is 0 Å². The lowest BCUT2D eigenvalue weighted by Gasteiger charge is -2.12. The summed E-state index contributed by atoms with van der Waals surface area (Å²) in [6.45, 7) is 2.02. The van der Waals surface area contributed by atoms with Crippen LogP contribution in [0.15, 0.2) is 24.3 Å². The second-order valence-corrected chi connectivity index (χ2v) is 4.79. The molecule has 1 aliphatic rings. The summed E-state index contributed by atoms with van der Waals surface area (Å²) >= 11 is 0. The van der Waals surface area contributed by atoms with Gasteiger partial charge in [0.15, 0.2) is 0 Å². The van der Waals surface area contributed by atoms with Gasteiger partial charge in [-0.3, -0.25) is 0 Å². The number of rotatable bonds is 7. The summed E-state index contributed by atoms with van der Waals surface area (Å²) in [5.74, 6) is 0.904. The fourth-order valence-electron chi connectivity index (χ4n) is 2.36. The second-order valence-electron chi connectivity index (χ2n) is 4.79. The van der Waals surface area contributed by atoms with Gasteiger partial charge in [0.2, 0.25) is 0 Å². The maximum absolute atomic E-state index is 5.79. The number of hydrogen-bond donors (Lipinski definition) is 1. The van der Waals surface area contributed by atoms with Gasteiger partial charge in [-0.05, 0) is 18.9 Å². The van der Waals surface area contributed by atoms with Gasteiger partial charge < -0.3 is 15.2 Å². The van der Waals surface area contributed by atoms with Crippen LogP contribution in [0.3, 0.4) is 0 Å². The summed E-state index contributed by atoms with van der Waals surface area (Å²) in [5.41, 5.74) is 6.72. The van der Waals surface area contributed by atoms with Crippen molar-refractivity contribution >= 4 is 0 Å². The van der Waals surface area contributed by atoms with Crippen molar-refractivity contribution in [3.8, 4) is 5.75 Å². The third-order valence-corrected chi connectivity index (χ3v) is 3.39. The summed E-state index contributed by atoms with van der Waals surface area (Å²) in [4.78, 5) is 0. The van der Waals surface area contributed by atoms with Crippen molar-refractivity contribution in [2.75, 3.05) is 13.2 Å². The lowest BCUT2D eigenvalue weighted by atomic mass is 10.2. The highest BCUT2D eigenvalue weighted by atomic mass is 16.5. The minimum atomic E-state index is 0.501. The highest BCUT2D eigenvalue weighted by Gasteiger charge is 2.14. The largest absolute Gasteiger partial charge is 0.493 e. The fraction of sp³-hybridized carbons (Fsp3) is 0.600. The van der Waals surface area contributed by atoms with Crippen molar-refractivity contribution in [3.05, 3.63) is 29.8 Å². The smallest absolute Gasteiger partial charge is 0.123 e. The van der Waals surface area contributed by atoms with Crippen LogP contribution in [0.2, 0.25) is 0 Å². The molecule has 100 valence electrons. The van der Waals surface area contributed by atoms with E-state index in [4.69, 9.17) is 15.2 Å². The first kappa shape index (κ1) is 13.4. The van der Waals surface area contributed by atoms with Gasteiger partial charge in [-0.25, -0.2) is 0 Å². The zero-order valence-electron chi connectivity index (χ0n) is 10.9. The van der Waals surface area contributed by atoms with E-state index < -0.39 is 0 Å². The standard InChI is InChI=1S/C15H23NO2/c16-12-13-6-1-4-9-15(13)18-11-5-10-17-14-7-2-3-8-14/h1,4,6,9,14H,2-3,5,7-8,10-12,16H2. The molecular formula is C15H23NO2. The Bertz CT molecular complexity index is 348. The number of para-hydroxylation sites is 1. The molecule has 0 unspecified atom stereocenters. The quantitative estimate of drug-likeness (QED) is 0.756. The van der Waals surface area contributed by atoms with E-state index in [9.17, 15) is 0 Å². The molecule has 1 aromatic carbocycles. The molecule has 1 aromatic rings. The molecule has 0 spiro atoms. The Morgan fingerprint density at radius 3 is 2.67 bits per heavy atom. The van der Waals surface area contributed by atoms with Crippen LogP contribution in [-0.4, -0.2) is 19.3 Å². The molecule has 1 aliphatic carbocycles. The van der Waals surface area contributed by atoms with Crippen LogP contribution in [0.1, 0.15) is 37.7 Å². The van der Waals surface area contributed by atoms with Gasteiger partial charge >= 0.3 is 0 Å². The Morgan fingerprint density at radius 2 is 1.89 bits per heavy atom. The molecule has 18 heavy (non-hydrogen) atoms. The zero-order chi connectivity index (χ0) is 12.6. The van der Waals surface area contributed by atoms with Gasteiger partial charge in [0, 0.05) is 18.5 Å². The molecule has 3 nitrogen and oxygen atoms in total. The summed E-state index contributed by atoms with van der Waals surface area (Å²) in [5, 5.41) is 0. The molecule has 1 fully saturated rings. The van der Waals surface area contributed by atoms with Crippen molar-refractivity contribution in [2.24, 2.45) is 5.73 Å². The molecule has 2 rings (SSSR count). The topological polar surface area (TPSA) is 44.5 Å². The first-order valence-electron chi connectivity index (χ1n) is 6.92. The summed E-state index contributed by atoms with van der Waals surface area (Å²) in [6.07, 6.45) is 6.56. The zero-order valence-corrected chi connectivity index (χ0v) is 10.9. The minimum Gasteiger partial charge on any atom is -0.493 e. The van der Waals surface area contributed by atoms with E-state index in [1.54, 1.807) is 0 Å². The summed E-state index contributed by atoms with van der Waals surface area (Å²) in [7, 11) is 0. The molecular weight excluding hydrogens is 226 g/mol. The van der Waals surface area contributed by atoms with Crippen LogP contribution in [-0.2, 0) is 11.3 Å². The van der Waals surface area contributed by atoms with Crippen molar-refractivity contribution in [2.45, 2.75) is 44.8 Å². The van der Waals surface area contributed by atoms with Crippen LogP contribution < -0.4 is 10.5 Å². The first-order valence-corrected chi connectivity index (χ1v) is 6.92. The van der Waals surface area contributed by atoms with Crippen LogP contribution >= 0.6 is 0 Å². The van der Waals surface area contributed by atoms with Crippen molar-refractivity contribution in [1.82, 2.24) is 0 Å². The Hall–Kier alpha value is -1.06. The van der Waals surface area contributed by atoms with Gasteiger partial charge in [0.25, 0.3) is 0 Å². The van der Waals surface area contributed by atoms with Crippen LogP contribution in [0.4, 0.5) is 0 Å².